The Morgan fingerprint density at radius 1 is 1.06 bits per heavy atom. The molecular weight excluding hydrogens is 436 g/mol. The first-order valence-corrected chi connectivity index (χ1v) is 11.2. The van der Waals surface area contributed by atoms with Crippen molar-refractivity contribution in [2.45, 2.75) is 63.9 Å². The van der Waals surface area contributed by atoms with Gasteiger partial charge in [-0.3, -0.25) is 4.79 Å². The van der Waals surface area contributed by atoms with Gasteiger partial charge in [0, 0.05) is 12.5 Å². The van der Waals surface area contributed by atoms with E-state index in [-0.39, 0.29) is 18.9 Å². The van der Waals surface area contributed by atoms with Crippen LogP contribution in [0, 0.1) is 0 Å². The van der Waals surface area contributed by atoms with Crippen LogP contribution in [0.5, 0.6) is 0 Å². The highest BCUT2D eigenvalue weighted by molar-refractivity contribution is 5.95. The van der Waals surface area contributed by atoms with Crippen molar-refractivity contribution in [3.05, 3.63) is 71.3 Å². The van der Waals surface area contributed by atoms with Gasteiger partial charge in [0.1, 0.15) is 5.60 Å². The van der Waals surface area contributed by atoms with Gasteiger partial charge < -0.3 is 25.3 Å². The standard InChI is InChI=1S/C26H32N2O6/c1-25(2,3)34-24(31)28-15-18-10-12-19(13-11-18)20(14-17-8-6-5-7-9-17)21(33-23(27)30)22(29)26(4)16-32-26/h5-13,20-21H,14-16H2,1-4H3,(H2,27,30)(H,28,31)/t20?,21-,26+/m0/s1. The van der Waals surface area contributed by atoms with E-state index in [1.807, 2.05) is 54.6 Å². The highest BCUT2D eigenvalue weighted by Gasteiger charge is 2.53. The van der Waals surface area contributed by atoms with E-state index in [9.17, 15) is 14.4 Å². The number of primary amides is 1. The Bertz CT molecular complexity index is 1010. The Balaban J connectivity index is 1.83. The Morgan fingerprint density at radius 3 is 2.21 bits per heavy atom. The van der Waals surface area contributed by atoms with E-state index < -0.39 is 35.4 Å². The normalized spacial score (nSPS) is 18.9. The summed E-state index contributed by atoms with van der Waals surface area (Å²) in [5, 5.41) is 2.72. The van der Waals surface area contributed by atoms with Crippen LogP contribution < -0.4 is 11.1 Å². The zero-order chi connectivity index (χ0) is 24.9. The summed E-state index contributed by atoms with van der Waals surface area (Å²) in [5.74, 6) is -0.792. The van der Waals surface area contributed by atoms with Crippen LogP contribution in [0.3, 0.4) is 0 Å². The van der Waals surface area contributed by atoms with Crippen LogP contribution in [0.2, 0.25) is 0 Å². The van der Waals surface area contributed by atoms with Gasteiger partial charge in [0.15, 0.2) is 11.7 Å². The fourth-order valence-electron chi connectivity index (χ4n) is 3.63. The first-order chi connectivity index (χ1) is 16.0. The van der Waals surface area contributed by atoms with Crippen molar-refractivity contribution in [2.24, 2.45) is 5.73 Å². The van der Waals surface area contributed by atoms with Gasteiger partial charge in [-0.15, -0.1) is 0 Å². The number of nitrogens with one attached hydrogen (secondary N) is 1. The summed E-state index contributed by atoms with van der Waals surface area (Å²) in [6.07, 6.45) is -2.16. The molecule has 0 saturated carbocycles. The van der Waals surface area contributed by atoms with E-state index >= 15 is 0 Å². The molecule has 0 aromatic heterocycles. The first-order valence-electron chi connectivity index (χ1n) is 11.2. The second-order valence-corrected chi connectivity index (χ2v) is 9.63. The van der Waals surface area contributed by atoms with E-state index in [1.54, 1.807) is 27.7 Å². The fourth-order valence-corrected chi connectivity index (χ4v) is 3.63. The number of carbonyl (C=O) groups excluding carboxylic acids is 3. The van der Waals surface area contributed by atoms with Crippen LogP contribution in [-0.2, 0) is 32.0 Å². The quantitative estimate of drug-likeness (QED) is 0.539. The van der Waals surface area contributed by atoms with Crippen LogP contribution in [0.15, 0.2) is 54.6 Å². The molecule has 8 heteroatoms. The molecule has 2 amide bonds. The van der Waals surface area contributed by atoms with Crippen molar-refractivity contribution in [2.75, 3.05) is 6.61 Å². The zero-order valence-corrected chi connectivity index (χ0v) is 20.0. The van der Waals surface area contributed by atoms with Gasteiger partial charge >= 0.3 is 12.2 Å². The van der Waals surface area contributed by atoms with Gasteiger partial charge in [0.2, 0.25) is 5.78 Å². The molecule has 2 aromatic rings. The average Bonchev–Trinajstić information content (AvgIpc) is 3.52. The van der Waals surface area contributed by atoms with Gasteiger partial charge in [0.25, 0.3) is 0 Å². The maximum atomic E-state index is 13.2. The molecule has 182 valence electrons. The number of hydrogen-bond donors (Lipinski definition) is 2. The van der Waals surface area contributed by atoms with Crippen molar-refractivity contribution in [3.8, 4) is 0 Å². The SMILES string of the molecule is CC(C)(C)OC(=O)NCc1ccc(C(Cc2ccccc2)[C@H](OC(N)=O)C(=O)[C@@]2(C)CO2)cc1. The van der Waals surface area contributed by atoms with Crippen molar-refractivity contribution in [3.63, 3.8) is 0 Å². The first kappa shape index (κ1) is 25.2. The molecule has 1 aliphatic heterocycles. The monoisotopic (exact) mass is 468 g/mol. The minimum Gasteiger partial charge on any atom is -0.444 e. The number of rotatable bonds is 9. The minimum atomic E-state index is -1.10. The van der Waals surface area contributed by atoms with Crippen molar-refractivity contribution < 1.29 is 28.6 Å². The lowest BCUT2D eigenvalue weighted by Crippen LogP contribution is -2.42. The molecule has 3 atom stereocenters. The van der Waals surface area contributed by atoms with Crippen molar-refractivity contribution in [1.29, 1.82) is 0 Å². The second-order valence-electron chi connectivity index (χ2n) is 9.63. The summed E-state index contributed by atoms with van der Waals surface area (Å²) < 4.78 is 16.0. The summed E-state index contributed by atoms with van der Waals surface area (Å²) in [5.41, 5.74) is 6.41. The number of hydrogen-bond acceptors (Lipinski definition) is 6. The third kappa shape index (κ3) is 7.05. The zero-order valence-electron chi connectivity index (χ0n) is 20.0. The molecule has 0 aliphatic carbocycles. The molecular formula is C26H32N2O6. The van der Waals surface area contributed by atoms with Crippen LogP contribution >= 0.6 is 0 Å². The number of benzene rings is 2. The van der Waals surface area contributed by atoms with Gasteiger partial charge in [-0.2, -0.15) is 0 Å². The van der Waals surface area contributed by atoms with E-state index in [4.69, 9.17) is 19.9 Å². The summed E-state index contributed by atoms with van der Waals surface area (Å²) in [6.45, 7) is 7.63. The van der Waals surface area contributed by atoms with E-state index in [2.05, 4.69) is 5.32 Å². The van der Waals surface area contributed by atoms with Crippen molar-refractivity contribution in [1.82, 2.24) is 5.32 Å². The molecule has 3 N–H and O–H groups in total. The highest BCUT2D eigenvalue weighted by atomic mass is 16.6. The molecule has 1 fully saturated rings. The lowest BCUT2D eigenvalue weighted by molar-refractivity contribution is -0.133. The number of Topliss-reactive ketones (excluding diaryl/α,β-unsaturated/α-hetero) is 1. The lowest BCUT2D eigenvalue weighted by atomic mass is 9.82. The molecule has 1 aliphatic rings. The van der Waals surface area contributed by atoms with Gasteiger partial charge in [-0.1, -0.05) is 54.6 Å². The van der Waals surface area contributed by atoms with Crippen LogP contribution in [0.25, 0.3) is 0 Å². The Morgan fingerprint density at radius 2 is 1.68 bits per heavy atom. The van der Waals surface area contributed by atoms with Crippen LogP contribution in [0.1, 0.15) is 50.3 Å². The summed E-state index contributed by atoms with van der Waals surface area (Å²) >= 11 is 0. The topological polar surface area (TPSA) is 120 Å². The highest BCUT2D eigenvalue weighted by Crippen LogP contribution is 2.35. The van der Waals surface area contributed by atoms with Crippen LogP contribution in [-0.4, -0.2) is 41.9 Å². The minimum absolute atomic E-state index is 0.276. The number of ether oxygens (including phenoxy) is 3. The number of ketones is 1. The van der Waals surface area contributed by atoms with Crippen molar-refractivity contribution >= 4 is 18.0 Å². The molecule has 1 heterocycles. The molecule has 1 saturated heterocycles. The molecule has 2 aromatic carbocycles. The van der Waals surface area contributed by atoms with Crippen LogP contribution in [0.4, 0.5) is 9.59 Å². The number of carbonyl (C=O) groups is 3. The Hall–Kier alpha value is -3.39. The molecule has 1 unspecified atom stereocenters. The third-order valence-corrected chi connectivity index (χ3v) is 5.51. The molecule has 0 radical (unpaired) electrons. The summed E-state index contributed by atoms with van der Waals surface area (Å²) in [4.78, 5) is 36.8. The second kappa shape index (κ2) is 10.3. The smallest absolute Gasteiger partial charge is 0.407 e. The third-order valence-electron chi connectivity index (χ3n) is 5.51. The lowest BCUT2D eigenvalue weighted by Gasteiger charge is -2.27. The maximum absolute atomic E-state index is 13.2. The molecule has 0 spiro atoms. The number of nitrogens with two attached hydrogens (primary N) is 1. The Labute approximate surface area is 199 Å². The molecule has 3 rings (SSSR count). The largest absolute Gasteiger partial charge is 0.444 e. The molecule has 34 heavy (non-hydrogen) atoms. The molecule has 0 bridgehead atoms. The van der Waals surface area contributed by atoms with Gasteiger partial charge in [0.05, 0.1) is 6.61 Å². The summed E-state index contributed by atoms with van der Waals surface area (Å²) in [6, 6.07) is 17.1. The molecule has 8 nitrogen and oxygen atoms in total. The summed E-state index contributed by atoms with van der Waals surface area (Å²) in [7, 11) is 0. The fraction of sp³-hybridized carbons (Fsp3) is 0.423. The number of amides is 2. The Kier molecular flexibility index (Phi) is 7.61. The van der Waals surface area contributed by atoms with E-state index in [1.165, 1.54) is 0 Å². The van der Waals surface area contributed by atoms with Gasteiger partial charge in [-0.05, 0) is 50.8 Å². The van der Waals surface area contributed by atoms with E-state index in [0.717, 1.165) is 16.7 Å². The van der Waals surface area contributed by atoms with E-state index in [0.29, 0.717) is 6.42 Å². The van der Waals surface area contributed by atoms with Gasteiger partial charge in [-0.25, -0.2) is 9.59 Å². The average molecular weight is 469 g/mol. The number of alkyl carbamates (subject to hydrolysis) is 1. The number of epoxide rings is 1. The predicted octanol–water partition coefficient (Wildman–Crippen LogP) is 3.86. The predicted molar refractivity (Wildman–Crippen MR) is 126 cm³/mol. The maximum Gasteiger partial charge on any atom is 0.407 e.